The lowest BCUT2D eigenvalue weighted by molar-refractivity contribution is -0.152. The van der Waals surface area contributed by atoms with E-state index in [0.717, 1.165) is 37.8 Å². The molecule has 2 heterocycles. The van der Waals surface area contributed by atoms with Gasteiger partial charge in [-0.05, 0) is 49.9 Å². The van der Waals surface area contributed by atoms with Gasteiger partial charge in [0, 0.05) is 6.04 Å². The number of methoxy groups -OCH3 is 1. The summed E-state index contributed by atoms with van der Waals surface area (Å²) >= 11 is 0. The monoisotopic (exact) mass is 263 g/mol. The van der Waals surface area contributed by atoms with E-state index in [1.807, 2.05) is 12.1 Å². The third-order valence-corrected chi connectivity index (χ3v) is 4.57. The first-order chi connectivity index (χ1) is 9.17. The van der Waals surface area contributed by atoms with E-state index < -0.39 is 5.54 Å². The number of hydrogen-bond acceptors (Lipinski definition) is 3. The maximum absolute atomic E-state index is 13.0. The topological polar surface area (TPSA) is 29.5 Å². The first kappa shape index (κ1) is 12.6. The Morgan fingerprint density at radius 3 is 2.79 bits per heavy atom. The zero-order valence-corrected chi connectivity index (χ0v) is 11.1. The van der Waals surface area contributed by atoms with Gasteiger partial charge >= 0.3 is 5.97 Å². The number of carbonyl (C=O) groups excluding carboxylic acids is 1. The van der Waals surface area contributed by atoms with Gasteiger partial charge in [0.2, 0.25) is 0 Å². The first-order valence-corrected chi connectivity index (χ1v) is 6.78. The van der Waals surface area contributed by atoms with E-state index in [0.29, 0.717) is 0 Å². The molecule has 0 N–H and O–H groups in total. The zero-order chi connectivity index (χ0) is 13.5. The molecule has 0 aliphatic carbocycles. The van der Waals surface area contributed by atoms with Crippen LogP contribution in [0.25, 0.3) is 0 Å². The number of nitrogens with zero attached hydrogens (tertiary/aromatic N) is 1. The molecule has 1 aromatic rings. The maximum atomic E-state index is 13.0. The first-order valence-electron chi connectivity index (χ1n) is 6.78. The Kier molecular flexibility index (Phi) is 3.05. The highest BCUT2D eigenvalue weighted by Gasteiger charge is 2.55. The minimum Gasteiger partial charge on any atom is -0.468 e. The van der Waals surface area contributed by atoms with Gasteiger partial charge in [0.05, 0.1) is 7.11 Å². The average molecular weight is 263 g/mol. The van der Waals surface area contributed by atoms with Crippen LogP contribution in [0.4, 0.5) is 4.39 Å². The SMILES string of the molecule is COC(=O)[C@@]12CCCN1[C@@H](c1ccc(F)cc1)CC2. The molecule has 1 aromatic carbocycles. The summed E-state index contributed by atoms with van der Waals surface area (Å²) in [5.74, 6) is -0.336. The van der Waals surface area contributed by atoms with Crippen molar-refractivity contribution in [3.63, 3.8) is 0 Å². The van der Waals surface area contributed by atoms with E-state index in [2.05, 4.69) is 4.90 Å². The minimum atomic E-state index is -0.437. The number of ether oxygens (including phenoxy) is 1. The molecular weight excluding hydrogens is 245 g/mol. The Hall–Kier alpha value is -1.42. The van der Waals surface area contributed by atoms with Crippen LogP contribution in [0.15, 0.2) is 24.3 Å². The molecule has 0 saturated carbocycles. The normalized spacial score (nSPS) is 30.3. The number of hydrogen-bond donors (Lipinski definition) is 0. The maximum Gasteiger partial charge on any atom is 0.326 e. The van der Waals surface area contributed by atoms with Gasteiger partial charge < -0.3 is 4.74 Å². The average Bonchev–Trinajstić information content (AvgIpc) is 2.98. The van der Waals surface area contributed by atoms with E-state index in [4.69, 9.17) is 4.74 Å². The molecule has 3 nitrogen and oxygen atoms in total. The fraction of sp³-hybridized carbons (Fsp3) is 0.533. The van der Waals surface area contributed by atoms with E-state index in [1.165, 1.54) is 19.2 Å². The number of halogens is 1. The smallest absolute Gasteiger partial charge is 0.326 e. The Balaban J connectivity index is 1.90. The van der Waals surface area contributed by atoms with Crippen LogP contribution in [0.1, 0.15) is 37.3 Å². The number of fused-ring (bicyclic) bond motifs is 1. The third-order valence-electron chi connectivity index (χ3n) is 4.57. The molecule has 0 aromatic heterocycles. The highest BCUT2D eigenvalue weighted by atomic mass is 19.1. The van der Waals surface area contributed by atoms with Crippen molar-refractivity contribution in [2.24, 2.45) is 0 Å². The molecule has 2 saturated heterocycles. The van der Waals surface area contributed by atoms with Gasteiger partial charge in [-0.3, -0.25) is 9.69 Å². The fourth-order valence-electron chi connectivity index (χ4n) is 3.70. The van der Waals surface area contributed by atoms with Crippen molar-refractivity contribution in [2.75, 3.05) is 13.7 Å². The van der Waals surface area contributed by atoms with E-state index in [-0.39, 0.29) is 17.8 Å². The second kappa shape index (κ2) is 4.60. The largest absolute Gasteiger partial charge is 0.468 e. The molecule has 2 aliphatic rings. The van der Waals surface area contributed by atoms with Gasteiger partial charge in [-0.25, -0.2) is 4.39 Å². The molecule has 3 rings (SSSR count). The van der Waals surface area contributed by atoms with Crippen molar-refractivity contribution in [3.8, 4) is 0 Å². The molecule has 2 aliphatic heterocycles. The lowest BCUT2D eigenvalue weighted by Crippen LogP contribution is -2.47. The Bertz CT molecular complexity index is 487. The van der Waals surface area contributed by atoms with E-state index in [1.54, 1.807) is 0 Å². The lowest BCUT2D eigenvalue weighted by Gasteiger charge is -2.32. The van der Waals surface area contributed by atoms with Crippen molar-refractivity contribution in [2.45, 2.75) is 37.3 Å². The van der Waals surface area contributed by atoms with Crippen LogP contribution in [0.5, 0.6) is 0 Å². The van der Waals surface area contributed by atoms with Crippen LogP contribution in [0.3, 0.4) is 0 Å². The van der Waals surface area contributed by atoms with E-state index >= 15 is 0 Å². The molecule has 102 valence electrons. The third kappa shape index (κ3) is 1.86. The summed E-state index contributed by atoms with van der Waals surface area (Å²) in [6, 6.07) is 6.84. The zero-order valence-electron chi connectivity index (χ0n) is 11.1. The molecule has 0 spiro atoms. The van der Waals surface area contributed by atoms with E-state index in [9.17, 15) is 9.18 Å². The van der Waals surface area contributed by atoms with Gasteiger partial charge in [0.15, 0.2) is 0 Å². The van der Waals surface area contributed by atoms with Crippen LogP contribution in [0.2, 0.25) is 0 Å². The number of carbonyl (C=O) groups is 1. The molecule has 0 radical (unpaired) electrons. The summed E-state index contributed by atoms with van der Waals surface area (Å²) in [5, 5.41) is 0. The van der Waals surface area contributed by atoms with Crippen molar-refractivity contribution < 1.29 is 13.9 Å². The van der Waals surface area contributed by atoms with Crippen molar-refractivity contribution in [1.29, 1.82) is 0 Å². The molecule has 19 heavy (non-hydrogen) atoms. The van der Waals surface area contributed by atoms with Crippen LogP contribution < -0.4 is 0 Å². The lowest BCUT2D eigenvalue weighted by atomic mass is 9.94. The predicted octanol–water partition coefficient (Wildman–Crippen LogP) is 2.67. The van der Waals surface area contributed by atoms with Crippen molar-refractivity contribution >= 4 is 5.97 Å². The van der Waals surface area contributed by atoms with Gasteiger partial charge in [0.1, 0.15) is 11.4 Å². The summed E-state index contributed by atoms with van der Waals surface area (Å²) in [4.78, 5) is 14.4. The van der Waals surface area contributed by atoms with Gasteiger partial charge in [0.25, 0.3) is 0 Å². The molecule has 0 bridgehead atoms. The Morgan fingerprint density at radius 2 is 2.11 bits per heavy atom. The molecular formula is C15H18FNO2. The number of benzene rings is 1. The summed E-state index contributed by atoms with van der Waals surface area (Å²) in [7, 11) is 1.46. The molecule has 2 fully saturated rings. The van der Waals surface area contributed by atoms with Crippen LogP contribution >= 0.6 is 0 Å². The quantitative estimate of drug-likeness (QED) is 0.768. The van der Waals surface area contributed by atoms with Crippen LogP contribution in [-0.2, 0) is 9.53 Å². The number of esters is 1. The summed E-state index contributed by atoms with van der Waals surface area (Å²) in [6.07, 6.45) is 3.66. The Labute approximate surface area is 112 Å². The van der Waals surface area contributed by atoms with Crippen LogP contribution in [-0.4, -0.2) is 30.1 Å². The molecule has 2 atom stereocenters. The summed E-state index contributed by atoms with van der Waals surface area (Å²) in [5.41, 5.74) is 0.655. The van der Waals surface area contributed by atoms with Crippen molar-refractivity contribution in [3.05, 3.63) is 35.6 Å². The molecule has 0 amide bonds. The second-order valence-corrected chi connectivity index (χ2v) is 5.43. The number of rotatable bonds is 2. The Morgan fingerprint density at radius 1 is 1.37 bits per heavy atom. The second-order valence-electron chi connectivity index (χ2n) is 5.43. The van der Waals surface area contributed by atoms with Crippen LogP contribution in [0, 0.1) is 5.82 Å². The molecule has 0 unspecified atom stereocenters. The van der Waals surface area contributed by atoms with Crippen molar-refractivity contribution in [1.82, 2.24) is 4.90 Å². The fourth-order valence-corrected chi connectivity index (χ4v) is 3.70. The summed E-state index contributed by atoms with van der Waals surface area (Å²) < 4.78 is 18.0. The van der Waals surface area contributed by atoms with Gasteiger partial charge in [-0.1, -0.05) is 12.1 Å². The van der Waals surface area contributed by atoms with Gasteiger partial charge in [-0.15, -0.1) is 0 Å². The highest BCUT2D eigenvalue weighted by Crippen LogP contribution is 2.49. The standard InChI is InChI=1S/C15H18FNO2/c1-19-14(18)15-8-2-10-17(15)13(7-9-15)11-3-5-12(16)6-4-11/h3-6,13H,2,7-10H2,1H3/t13-,15+/m1/s1. The predicted molar refractivity (Wildman–Crippen MR) is 69.1 cm³/mol. The highest BCUT2D eigenvalue weighted by molar-refractivity contribution is 5.81. The minimum absolute atomic E-state index is 0.116. The molecule has 4 heteroatoms. The van der Waals surface area contributed by atoms with Gasteiger partial charge in [-0.2, -0.15) is 0 Å². The summed E-state index contributed by atoms with van der Waals surface area (Å²) in [6.45, 7) is 0.914.